The van der Waals surface area contributed by atoms with E-state index >= 15 is 0 Å². The van der Waals surface area contributed by atoms with Crippen LogP contribution in [0.2, 0.25) is 0 Å². The molecule has 18 heavy (non-hydrogen) atoms. The quantitative estimate of drug-likeness (QED) is 0.865. The first-order valence-electron chi connectivity index (χ1n) is 6.06. The third kappa shape index (κ3) is 2.41. The van der Waals surface area contributed by atoms with E-state index in [4.69, 9.17) is 11.6 Å². The van der Waals surface area contributed by atoms with E-state index < -0.39 is 10.0 Å². The Morgan fingerprint density at radius 1 is 1.56 bits per heavy atom. The molecule has 1 aromatic heterocycles. The zero-order valence-corrected chi connectivity index (χ0v) is 12.2. The van der Waals surface area contributed by atoms with Gasteiger partial charge in [-0.1, -0.05) is 6.92 Å². The molecule has 1 aromatic rings. The second-order valence-corrected chi connectivity index (χ2v) is 7.01. The van der Waals surface area contributed by atoms with E-state index in [0.717, 1.165) is 12.8 Å². The van der Waals surface area contributed by atoms with Crippen LogP contribution in [0.25, 0.3) is 0 Å². The van der Waals surface area contributed by atoms with Gasteiger partial charge < -0.3 is 0 Å². The molecule has 1 unspecified atom stereocenters. The van der Waals surface area contributed by atoms with E-state index in [1.165, 1.54) is 0 Å². The number of rotatable bonds is 3. The van der Waals surface area contributed by atoms with Crippen molar-refractivity contribution in [3.05, 3.63) is 11.4 Å². The summed E-state index contributed by atoms with van der Waals surface area (Å²) in [7, 11) is -3.47. The molecule has 1 N–H and O–H groups in total. The van der Waals surface area contributed by atoms with Crippen molar-refractivity contribution in [2.75, 3.05) is 13.1 Å². The van der Waals surface area contributed by atoms with Crippen LogP contribution in [0.1, 0.15) is 31.2 Å². The van der Waals surface area contributed by atoms with Gasteiger partial charge in [0.05, 0.1) is 17.3 Å². The molecule has 1 fully saturated rings. The second-order valence-electron chi connectivity index (χ2n) is 4.87. The van der Waals surface area contributed by atoms with Crippen LogP contribution < -0.4 is 0 Å². The minimum atomic E-state index is -3.47. The molecule has 1 saturated heterocycles. The molecule has 102 valence electrons. The standard InChI is InChI=1S/C11H18ClN3O2S/c1-8-4-3-5-15(7-8)18(16,17)11-9(2)13-14-10(11)6-12/h8H,3-7H2,1-2H3,(H,13,14). The number of halogens is 1. The highest BCUT2D eigenvalue weighted by Gasteiger charge is 2.32. The van der Waals surface area contributed by atoms with Crippen molar-refractivity contribution in [3.63, 3.8) is 0 Å². The molecule has 7 heteroatoms. The van der Waals surface area contributed by atoms with Crippen LogP contribution in [0.4, 0.5) is 0 Å². The van der Waals surface area contributed by atoms with E-state index in [1.807, 2.05) is 0 Å². The molecule has 0 aromatic carbocycles. The Morgan fingerprint density at radius 2 is 2.28 bits per heavy atom. The number of aromatic amines is 1. The summed E-state index contributed by atoms with van der Waals surface area (Å²) in [5.41, 5.74) is 0.969. The number of aryl methyl sites for hydroxylation is 1. The van der Waals surface area contributed by atoms with Gasteiger partial charge in [-0.05, 0) is 25.7 Å². The summed E-state index contributed by atoms with van der Waals surface area (Å²) in [6.45, 7) is 4.95. The molecule has 0 aliphatic carbocycles. The molecular weight excluding hydrogens is 274 g/mol. The number of hydrogen-bond donors (Lipinski definition) is 1. The van der Waals surface area contributed by atoms with E-state index in [-0.39, 0.29) is 10.8 Å². The highest BCUT2D eigenvalue weighted by Crippen LogP contribution is 2.27. The summed E-state index contributed by atoms with van der Waals surface area (Å²) in [6.07, 6.45) is 1.99. The molecule has 0 saturated carbocycles. The molecule has 5 nitrogen and oxygen atoms in total. The number of nitrogens with zero attached hydrogens (tertiary/aromatic N) is 2. The molecule has 1 aliphatic heterocycles. The fraction of sp³-hybridized carbons (Fsp3) is 0.727. The Kier molecular flexibility index (Phi) is 3.99. The Bertz CT molecular complexity index is 526. The minimum absolute atomic E-state index is 0.0995. The Labute approximate surface area is 113 Å². The summed E-state index contributed by atoms with van der Waals surface area (Å²) < 4.78 is 26.8. The highest BCUT2D eigenvalue weighted by molar-refractivity contribution is 7.89. The molecule has 0 radical (unpaired) electrons. The van der Waals surface area contributed by atoms with Crippen LogP contribution >= 0.6 is 11.6 Å². The highest BCUT2D eigenvalue weighted by atomic mass is 35.5. The van der Waals surface area contributed by atoms with Crippen molar-refractivity contribution >= 4 is 21.6 Å². The first-order valence-corrected chi connectivity index (χ1v) is 8.04. The number of alkyl halides is 1. The smallest absolute Gasteiger partial charge is 0.246 e. The molecule has 0 amide bonds. The van der Waals surface area contributed by atoms with Gasteiger partial charge in [0.25, 0.3) is 0 Å². The third-order valence-corrected chi connectivity index (χ3v) is 5.63. The van der Waals surface area contributed by atoms with E-state index in [1.54, 1.807) is 11.2 Å². The number of hydrogen-bond acceptors (Lipinski definition) is 3. The average Bonchev–Trinajstić information content (AvgIpc) is 2.71. The van der Waals surface area contributed by atoms with Gasteiger partial charge in [0.2, 0.25) is 10.0 Å². The van der Waals surface area contributed by atoms with Gasteiger partial charge >= 0.3 is 0 Å². The predicted molar refractivity (Wildman–Crippen MR) is 70.0 cm³/mol. The lowest BCUT2D eigenvalue weighted by molar-refractivity contribution is 0.281. The molecular formula is C11H18ClN3O2S. The molecule has 1 aliphatic rings. The summed E-state index contributed by atoms with van der Waals surface area (Å²) >= 11 is 5.75. The Morgan fingerprint density at radius 3 is 2.89 bits per heavy atom. The van der Waals surface area contributed by atoms with Crippen LogP contribution in [0.3, 0.4) is 0 Å². The van der Waals surface area contributed by atoms with Crippen LogP contribution in [0.5, 0.6) is 0 Å². The van der Waals surface area contributed by atoms with Crippen LogP contribution in [-0.4, -0.2) is 36.0 Å². The van der Waals surface area contributed by atoms with Crippen molar-refractivity contribution in [1.29, 1.82) is 0 Å². The van der Waals surface area contributed by atoms with Gasteiger partial charge in [0.15, 0.2) is 0 Å². The predicted octanol–water partition coefficient (Wildman–Crippen LogP) is 1.88. The maximum absolute atomic E-state index is 12.6. The molecule has 0 bridgehead atoms. The first kappa shape index (κ1) is 13.8. The minimum Gasteiger partial charge on any atom is -0.281 e. The molecule has 2 heterocycles. The van der Waals surface area contributed by atoms with Crippen LogP contribution in [0, 0.1) is 12.8 Å². The lowest BCUT2D eigenvalue weighted by Crippen LogP contribution is -2.39. The van der Waals surface area contributed by atoms with Crippen molar-refractivity contribution in [2.24, 2.45) is 5.92 Å². The van der Waals surface area contributed by atoms with Crippen LogP contribution in [-0.2, 0) is 15.9 Å². The molecule has 0 spiro atoms. The van der Waals surface area contributed by atoms with E-state index in [9.17, 15) is 8.42 Å². The fourth-order valence-corrected chi connectivity index (χ4v) is 4.60. The summed E-state index contributed by atoms with van der Waals surface area (Å²) in [5, 5.41) is 6.66. The Balaban J connectivity index is 2.38. The van der Waals surface area contributed by atoms with Gasteiger partial charge in [0, 0.05) is 13.1 Å². The lowest BCUT2D eigenvalue weighted by Gasteiger charge is -2.30. The average molecular weight is 292 g/mol. The van der Waals surface area contributed by atoms with Gasteiger partial charge in [-0.3, -0.25) is 5.10 Å². The lowest BCUT2D eigenvalue weighted by atomic mass is 10.0. The second kappa shape index (κ2) is 5.19. The SMILES string of the molecule is Cc1[nH]nc(CCl)c1S(=O)(=O)N1CCCC(C)C1. The zero-order valence-electron chi connectivity index (χ0n) is 10.6. The molecule has 2 rings (SSSR count). The number of nitrogens with one attached hydrogen (secondary N) is 1. The fourth-order valence-electron chi connectivity index (χ4n) is 2.40. The number of H-pyrrole nitrogens is 1. The zero-order chi connectivity index (χ0) is 13.3. The maximum atomic E-state index is 12.6. The number of piperidine rings is 1. The largest absolute Gasteiger partial charge is 0.281 e. The maximum Gasteiger partial charge on any atom is 0.246 e. The summed E-state index contributed by atoms with van der Waals surface area (Å²) in [6, 6.07) is 0. The summed E-state index contributed by atoms with van der Waals surface area (Å²) in [4.78, 5) is 0.256. The number of aromatic nitrogens is 2. The third-order valence-electron chi connectivity index (χ3n) is 3.31. The number of sulfonamides is 1. The van der Waals surface area contributed by atoms with Gasteiger partial charge in [-0.2, -0.15) is 9.40 Å². The topological polar surface area (TPSA) is 66.1 Å². The summed E-state index contributed by atoms with van der Waals surface area (Å²) in [5.74, 6) is 0.502. The van der Waals surface area contributed by atoms with Crippen LogP contribution in [0.15, 0.2) is 4.90 Å². The van der Waals surface area contributed by atoms with E-state index in [0.29, 0.717) is 30.4 Å². The monoisotopic (exact) mass is 291 g/mol. The normalized spacial score (nSPS) is 22.3. The van der Waals surface area contributed by atoms with Crippen molar-refractivity contribution in [2.45, 2.75) is 37.5 Å². The van der Waals surface area contributed by atoms with Crippen molar-refractivity contribution < 1.29 is 8.42 Å². The van der Waals surface area contributed by atoms with E-state index in [2.05, 4.69) is 17.1 Å². The van der Waals surface area contributed by atoms with Crippen molar-refractivity contribution in [1.82, 2.24) is 14.5 Å². The van der Waals surface area contributed by atoms with Crippen molar-refractivity contribution in [3.8, 4) is 0 Å². The van der Waals surface area contributed by atoms with Gasteiger partial charge in [-0.15, -0.1) is 11.6 Å². The van der Waals surface area contributed by atoms with Gasteiger partial charge in [0.1, 0.15) is 4.90 Å². The van der Waals surface area contributed by atoms with Gasteiger partial charge in [-0.25, -0.2) is 8.42 Å². The molecule has 1 atom stereocenters. The Hall–Kier alpha value is -0.590. The first-order chi connectivity index (χ1) is 8.46.